The summed E-state index contributed by atoms with van der Waals surface area (Å²) in [5.74, 6) is -0.687. The molecule has 0 spiro atoms. The van der Waals surface area contributed by atoms with Crippen LogP contribution in [0.4, 0.5) is 0 Å². The van der Waals surface area contributed by atoms with E-state index in [9.17, 15) is 14.4 Å². The molecule has 1 aromatic carbocycles. The van der Waals surface area contributed by atoms with E-state index in [4.69, 9.17) is 10.8 Å². The van der Waals surface area contributed by atoms with Gasteiger partial charge in [0.05, 0.1) is 11.9 Å². The number of nitrogens with two attached hydrogens (primary N) is 1. The van der Waals surface area contributed by atoms with E-state index in [1.807, 2.05) is 0 Å². The molecule has 3 rings (SSSR count). The van der Waals surface area contributed by atoms with Crippen molar-refractivity contribution >= 4 is 17.1 Å². The maximum absolute atomic E-state index is 11.7. The normalized spacial score (nSPS) is 10.3. The first kappa shape index (κ1) is 17.0. The van der Waals surface area contributed by atoms with Crippen molar-refractivity contribution in [3.63, 3.8) is 0 Å². The quantitative estimate of drug-likeness (QED) is 0.619. The molecule has 3 aromatic rings. The zero-order valence-corrected chi connectivity index (χ0v) is 13.4. The van der Waals surface area contributed by atoms with E-state index in [2.05, 4.69) is 4.98 Å². The van der Waals surface area contributed by atoms with Crippen LogP contribution in [-0.4, -0.2) is 29.7 Å². The SMILES string of the molecule is Cn1c(=O)c2c(ncn2C)n(C)c1=O.NC(=O)c1ccccc1O. The summed E-state index contributed by atoms with van der Waals surface area (Å²) in [4.78, 5) is 37.6. The van der Waals surface area contributed by atoms with Crippen LogP contribution in [0.3, 0.4) is 0 Å². The average molecular weight is 331 g/mol. The Morgan fingerprint density at radius 1 is 1.12 bits per heavy atom. The van der Waals surface area contributed by atoms with Crippen molar-refractivity contribution < 1.29 is 9.90 Å². The number of carbonyl (C=O) groups is 1. The molecule has 24 heavy (non-hydrogen) atoms. The molecule has 0 bridgehead atoms. The molecule has 0 atom stereocenters. The highest BCUT2D eigenvalue weighted by Gasteiger charge is 2.11. The lowest BCUT2D eigenvalue weighted by molar-refractivity contribution is 0.0998. The zero-order valence-electron chi connectivity index (χ0n) is 13.4. The van der Waals surface area contributed by atoms with Crippen LogP contribution >= 0.6 is 0 Å². The van der Waals surface area contributed by atoms with E-state index in [0.717, 1.165) is 4.57 Å². The van der Waals surface area contributed by atoms with Gasteiger partial charge in [-0.25, -0.2) is 9.78 Å². The summed E-state index contributed by atoms with van der Waals surface area (Å²) in [6.07, 6.45) is 1.52. The monoisotopic (exact) mass is 331 g/mol. The Hall–Kier alpha value is -3.36. The van der Waals surface area contributed by atoms with E-state index >= 15 is 0 Å². The highest BCUT2D eigenvalue weighted by atomic mass is 16.3. The predicted octanol–water partition coefficient (Wildman–Crippen LogP) is -0.538. The Labute approximate surface area is 136 Å². The maximum atomic E-state index is 11.7. The van der Waals surface area contributed by atoms with Gasteiger partial charge < -0.3 is 15.4 Å². The minimum atomic E-state index is -0.613. The van der Waals surface area contributed by atoms with E-state index in [0.29, 0.717) is 11.2 Å². The van der Waals surface area contributed by atoms with Gasteiger partial charge in [-0.15, -0.1) is 0 Å². The van der Waals surface area contributed by atoms with Gasteiger partial charge in [-0.2, -0.15) is 0 Å². The molecule has 2 heterocycles. The van der Waals surface area contributed by atoms with Gasteiger partial charge in [-0.3, -0.25) is 18.7 Å². The molecule has 0 saturated carbocycles. The van der Waals surface area contributed by atoms with E-state index in [1.165, 1.54) is 30.1 Å². The summed E-state index contributed by atoms with van der Waals surface area (Å²) >= 11 is 0. The first-order valence-corrected chi connectivity index (χ1v) is 6.90. The minimum absolute atomic E-state index is 0.0741. The predicted molar refractivity (Wildman–Crippen MR) is 87.8 cm³/mol. The molecule has 2 aromatic heterocycles. The smallest absolute Gasteiger partial charge is 0.332 e. The first-order chi connectivity index (χ1) is 11.3. The number of aromatic nitrogens is 4. The highest BCUT2D eigenvalue weighted by Crippen LogP contribution is 2.13. The molecule has 3 N–H and O–H groups in total. The van der Waals surface area contributed by atoms with Gasteiger partial charge in [0.1, 0.15) is 5.75 Å². The molecule has 1 amide bonds. The number of benzene rings is 1. The average Bonchev–Trinajstić information content (AvgIpc) is 2.93. The topological polar surface area (TPSA) is 125 Å². The van der Waals surface area contributed by atoms with Crippen molar-refractivity contribution in [3.05, 3.63) is 57.0 Å². The molecule has 0 aliphatic rings. The lowest BCUT2D eigenvalue weighted by Crippen LogP contribution is -2.37. The molecule has 0 saturated heterocycles. The molecule has 0 aliphatic heterocycles. The van der Waals surface area contributed by atoms with E-state index < -0.39 is 5.91 Å². The largest absolute Gasteiger partial charge is 0.507 e. The highest BCUT2D eigenvalue weighted by molar-refractivity contribution is 5.95. The van der Waals surface area contributed by atoms with Crippen molar-refractivity contribution in [2.24, 2.45) is 26.9 Å². The van der Waals surface area contributed by atoms with Crippen molar-refractivity contribution in [2.75, 3.05) is 0 Å². The molecule has 0 unspecified atom stereocenters. The number of primary amides is 1. The molecule has 9 nitrogen and oxygen atoms in total. The van der Waals surface area contributed by atoms with Crippen molar-refractivity contribution in [1.29, 1.82) is 0 Å². The Balaban J connectivity index is 0.000000185. The van der Waals surface area contributed by atoms with E-state index in [-0.39, 0.29) is 22.6 Å². The molecule has 126 valence electrons. The number of para-hydroxylation sites is 1. The van der Waals surface area contributed by atoms with Gasteiger partial charge in [0.15, 0.2) is 11.2 Å². The van der Waals surface area contributed by atoms with Crippen molar-refractivity contribution in [2.45, 2.75) is 0 Å². The van der Waals surface area contributed by atoms with Crippen LogP contribution in [0.25, 0.3) is 11.2 Å². The first-order valence-electron chi connectivity index (χ1n) is 6.90. The zero-order chi connectivity index (χ0) is 18.0. The summed E-state index contributed by atoms with van der Waals surface area (Å²) in [6, 6.07) is 6.15. The third-order valence-corrected chi connectivity index (χ3v) is 3.49. The Bertz CT molecular complexity index is 1030. The van der Waals surface area contributed by atoms with Crippen LogP contribution in [0.15, 0.2) is 40.2 Å². The Morgan fingerprint density at radius 2 is 1.75 bits per heavy atom. The Morgan fingerprint density at radius 3 is 2.29 bits per heavy atom. The van der Waals surface area contributed by atoms with Gasteiger partial charge in [0.25, 0.3) is 11.5 Å². The van der Waals surface area contributed by atoms with Crippen LogP contribution in [-0.2, 0) is 21.1 Å². The number of phenols is 1. The molecular formula is C15H17N5O4. The van der Waals surface area contributed by atoms with Crippen molar-refractivity contribution in [3.8, 4) is 5.75 Å². The van der Waals surface area contributed by atoms with Crippen LogP contribution in [0, 0.1) is 0 Å². The fourth-order valence-electron chi connectivity index (χ4n) is 2.15. The summed E-state index contributed by atoms with van der Waals surface area (Å²) in [6.45, 7) is 0. The molecular weight excluding hydrogens is 314 g/mol. The number of hydrogen-bond donors (Lipinski definition) is 2. The molecule has 0 aliphatic carbocycles. The summed E-state index contributed by atoms with van der Waals surface area (Å²) in [5.41, 5.74) is 5.25. The van der Waals surface area contributed by atoms with Gasteiger partial charge in [0, 0.05) is 21.1 Å². The summed E-state index contributed by atoms with van der Waals surface area (Å²) in [5, 5.41) is 8.98. The second-order valence-corrected chi connectivity index (χ2v) is 5.11. The fourth-order valence-corrected chi connectivity index (χ4v) is 2.15. The number of carbonyl (C=O) groups excluding carboxylic acids is 1. The number of nitrogens with zero attached hydrogens (tertiary/aromatic N) is 4. The van der Waals surface area contributed by atoms with Gasteiger partial charge >= 0.3 is 5.69 Å². The molecule has 9 heteroatoms. The number of rotatable bonds is 1. The third kappa shape index (κ3) is 2.91. The maximum Gasteiger partial charge on any atom is 0.332 e. The fraction of sp³-hybridized carbons (Fsp3) is 0.200. The number of amides is 1. The number of imidazole rings is 1. The van der Waals surface area contributed by atoms with E-state index in [1.54, 1.807) is 30.8 Å². The van der Waals surface area contributed by atoms with Crippen molar-refractivity contribution in [1.82, 2.24) is 18.7 Å². The second kappa shape index (κ2) is 6.41. The van der Waals surface area contributed by atoms with Crippen LogP contribution in [0.1, 0.15) is 10.4 Å². The summed E-state index contributed by atoms with van der Waals surface area (Å²) < 4.78 is 4.04. The lowest BCUT2D eigenvalue weighted by atomic mass is 10.2. The second-order valence-electron chi connectivity index (χ2n) is 5.11. The standard InChI is InChI=1S/C8H10N4O2.C7H7NO2/c1-10-4-9-6-5(10)7(13)12(3)8(14)11(6)2;8-7(10)5-3-1-2-4-6(5)9/h4H,1-3H3;1-4,9H,(H2,8,10). The van der Waals surface area contributed by atoms with Gasteiger partial charge in [0.2, 0.25) is 0 Å². The number of hydrogen-bond acceptors (Lipinski definition) is 5. The van der Waals surface area contributed by atoms with Crippen LogP contribution in [0.5, 0.6) is 5.75 Å². The van der Waals surface area contributed by atoms with Crippen LogP contribution < -0.4 is 17.0 Å². The third-order valence-electron chi connectivity index (χ3n) is 3.49. The molecule has 0 fully saturated rings. The number of aromatic hydroxyl groups is 1. The summed E-state index contributed by atoms with van der Waals surface area (Å²) in [7, 11) is 4.77. The Kier molecular flexibility index (Phi) is 4.54. The van der Waals surface area contributed by atoms with Crippen LogP contribution in [0.2, 0.25) is 0 Å². The molecule has 0 radical (unpaired) electrons. The van der Waals surface area contributed by atoms with Gasteiger partial charge in [-0.1, -0.05) is 12.1 Å². The number of fused-ring (bicyclic) bond motifs is 1. The lowest BCUT2D eigenvalue weighted by Gasteiger charge is -2.02. The minimum Gasteiger partial charge on any atom is -0.507 e. The van der Waals surface area contributed by atoms with Gasteiger partial charge in [-0.05, 0) is 12.1 Å². The number of aryl methyl sites for hydroxylation is 2.